The predicted octanol–water partition coefficient (Wildman–Crippen LogP) is 3.97. The maximum absolute atomic E-state index is 4.46. The van der Waals surface area contributed by atoms with Gasteiger partial charge >= 0.3 is 0 Å². The molecule has 4 heteroatoms. The Labute approximate surface area is 125 Å². The minimum absolute atomic E-state index is 0.766. The topological polar surface area (TPSA) is 28.2 Å². The molecule has 1 saturated heterocycles. The third-order valence-corrected chi connectivity index (χ3v) is 5.12. The van der Waals surface area contributed by atoms with Crippen molar-refractivity contribution in [2.45, 2.75) is 38.6 Å². The summed E-state index contributed by atoms with van der Waals surface area (Å²) in [5, 5.41) is 6.88. The maximum atomic E-state index is 4.46. The van der Waals surface area contributed by atoms with E-state index in [0.717, 1.165) is 18.4 Å². The minimum atomic E-state index is 0.766. The van der Waals surface area contributed by atoms with Crippen molar-refractivity contribution in [2.24, 2.45) is 0 Å². The van der Waals surface area contributed by atoms with E-state index in [2.05, 4.69) is 39.6 Å². The number of pyridine rings is 1. The fraction of sp³-hybridized carbons (Fsp3) is 0.562. The van der Waals surface area contributed by atoms with Crippen LogP contribution in [0.1, 0.15) is 32.6 Å². The van der Waals surface area contributed by atoms with Crippen molar-refractivity contribution >= 4 is 27.2 Å². The van der Waals surface area contributed by atoms with Gasteiger partial charge in [-0.25, -0.2) is 4.98 Å². The number of aromatic nitrogens is 1. The highest BCUT2D eigenvalue weighted by Crippen LogP contribution is 2.25. The number of rotatable bonds is 5. The van der Waals surface area contributed by atoms with Crippen molar-refractivity contribution in [1.29, 1.82) is 0 Å². The van der Waals surface area contributed by atoms with E-state index in [-0.39, 0.29) is 0 Å². The summed E-state index contributed by atoms with van der Waals surface area (Å²) >= 11 is 1.78. The standard InChI is InChI=1S/C16H23N3S/c1-13-5-2-3-10-19(13)11-4-8-17-16-14-7-12-20-15(14)6-9-18-16/h6-7,9,12-13H,2-5,8,10-11H2,1H3,(H,17,18). The Balaban J connectivity index is 1.49. The van der Waals surface area contributed by atoms with Crippen LogP contribution in [0.15, 0.2) is 23.7 Å². The number of anilines is 1. The number of hydrogen-bond acceptors (Lipinski definition) is 4. The third-order valence-electron chi connectivity index (χ3n) is 4.23. The number of thiophene rings is 1. The highest BCUT2D eigenvalue weighted by atomic mass is 32.1. The van der Waals surface area contributed by atoms with Crippen molar-refractivity contribution in [3.63, 3.8) is 0 Å². The Bertz CT molecular complexity index is 551. The summed E-state index contributed by atoms with van der Waals surface area (Å²) in [6.07, 6.45) is 7.22. The Morgan fingerprint density at radius 2 is 2.35 bits per heavy atom. The van der Waals surface area contributed by atoms with Gasteiger partial charge in [0.05, 0.1) is 0 Å². The van der Waals surface area contributed by atoms with Gasteiger partial charge in [0.1, 0.15) is 5.82 Å². The average molecular weight is 289 g/mol. The molecule has 20 heavy (non-hydrogen) atoms. The molecule has 108 valence electrons. The van der Waals surface area contributed by atoms with E-state index < -0.39 is 0 Å². The molecule has 1 aliphatic rings. The summed E-state index contributed by atoms with van der Waals surface area (Å²) in [4.78, 5) is 7.09. The zero-order valence-corrected chi connectivity index (χ0v) is 13.0. The number of likely N-dealkylation sites (tertiary alicyclic amines) is 1. The maximum Gasteiger partial charge on any atom is 0.134 e. The van der Waals surface area contributed by atoms with Gasteiger partial charge in [-0.2, -0.15) is 0 Å². The molecule has 2 aromatic heterocycles. The van der Waals surface area contributed by atoms with Crippen molar-refractivity contribution < 1.29 is 0 Å². The smallest absolute Gasteiger partial charge is 0.134 e. The molecule has 1 aliphatic heterocycles. The van der Waals surface area contributed by atoms with E-state index in [1.165, 1.54) is 48.9 Å². The SMILES string of the molecule is CC1CCCCN1CCCNc1nccc2sccc12. The summed E-state index contributed by atoms with van der Waals surface area (Å²) in [6, 6.07) is 5.00. The molecule has 0 aliphatic carbocycles. The molecular weight excluding hydrogens is 266 g/mol. The lowest BCUT2D eigenvalue weighted by molar-refractivity contribution is 0.160. The molecule has 1 unspecified atom stereocenters. The highest BCUT2D eigenvalue weighted by molar-refractivity contribution is 7.17. The normalized spacial score (nSPS) is 20.4. The van der Waals surface area contributed by atoms with Gasteiger partial charge in [0.25, 0.3) is 0 Å². The van der Waals surface area contributed by atoms with Crippen LogP contribution in [0.2, 0.25) is 0 Å². The van der Waals surface area contributed by atoms with Crippen LogP contribution in [0.25, 0.3) is 10.1 Å². The summed E-state index contributed by atoms with van der Waals surface area (Å²) in [7, 11) is 0. The lowest BCUT2D eigenvalue weighted by atomic mass is 10.0. The number of fused-ring (bicyclic) bond motifs is 1. The molecule has 3 rings (SSSR count). The quantitative estimate of drug-likeness (QED) is 0.844. The highest BCUT2D eigenvalue weighted by Gasteiger charge is 2.17. The molecule has 2 aromatic rings. The van der Waals surface area contributed by atoms with Crippen LogP contribution < -0.4 is 5.32 Å². The van der Waals surface area contributed by atoms with Gasteiger partial charge in [0.2, 0.25) is 0 Å². The summed E-state index contributed by atoms with van der Waals surface area (Å²) in [5.74, 6) is 1.04. The van der Waals surface area contributed by atoms with Crippen LogP contribution in [-0.2, 0) is 0 Å². The molecular formula is C16H23N3S. The molecule has 0 bridgehead atoms. The molecule has 0 spiro atoms. The van der Waals surface area contributed by atoms with Crippen LogP contribution in [-0.4, -0.2) is 35.6 Å². The van der Waals surface area contributed by atoms with E-state index in [4.69, 9.17) is 0 Å². The first kappa shape index (κ1) is 13.8. The van der Waals surface area contributed by atoms with Crippen molar-refractivity contribution in [2.75, 3.05) is 25.0 Å². The lowest BCUT2D eigenvalue weighted by Gasteiger charge is -2.33. The number of nitrogens with one attached hydrogen (secondary N) is 1. The first-order chi connectivity index (χ1) is 9.84. The Morgan fingerprint density at radius 1 is 1.40 bits per heavy atom. The van der Waals surface area contributed by atoms with Gasteiger partial charge in [-0.15, -0.1) is 11.3 Å². The van der Waals surface area contributed by atoms with Gasteiger partial charge < -0.3 is 10.2 Å². The van der Waals surface area contributed by atoms with E-state index in [0.29, 0.717) is 0 Å². The van der Waals surface area contributed by atoms with E-state index in [9.17, 15) is 0 Å². The summed E-state index contributed by atoms with van der Waals surface area (Å²) < 4.78 is 1.31. The third kappa shape index (κ3) is 3.13. The molecule has 3 heterocycles. The molecule has 0 saturated carbocycles. The van der Waals surface area contributed by atoms with E-state index in [1.54, 1.807) is 11.3 Å². The van der Waals surface area contributed by atoms with E-state index >= 15 is 0 Å². The Kier molecular flexibility index (Phi) is 4.53. The fourth-order valence-electron chi connectivity index (χ4n) is 3.01. The van der Waals surface area contributed by atoms with Crippen LogP contribution in [0, 0.1) is 0 Å². The van der Waals surface area contributed by atoms with Crippen LogP contribution in [0.3, 0.4) is 0 Å². The predicted molar refractivity (Wildman–Crippen MR) is 87.6 cm³/mol. The second-order valence-corrected chi connectivity index (χ2v) is 6.60. The lowest BCUT2D eigenvalue weighted by Crippen LogP contribution is -2.38. The first-order valence-electron chi connectivity index (χ1n) is 7.65. The zero-order valence-electron chi connectivity index (χ0n) is 12.1. The summed E-state index contributed by atoms with van der Waals surface area (Å²) in [5.41, 5.74) is 0. The zero-order chi connectivity index (χ0) is 13.8. The second-order valence-electron chi connectivity index (χ2n) is 5.65. The second kappa shape index (κ2) is 6.55. The van der Waals surface area contributed by atoms with Gasteiger partial charge in [0.15, 0.2) is 0 Å². The van der Waals surface area contributed by atoms with Gasteiger partial charge in [0, 0.05) is 35.4 Å². The Hall–Kier alpha value is -1.13. The van der Waals surface area contributed by atoms with Crippen LogP contribution in [0.5, 0.6) is 0 Å². The molecule has 3 nitrogen and oxygen atoms in total. The van der Waals surface area contributed by atoms with Crippen LogP contribution >= 0.6 is 11.3 Å². The van der Waals surface area contributed by atoms with Gasteiger partial charge in [-0.3, -0.25) is 0 Å². The van der Waals surface area contributed by atoms with Crippen molar-refractivity contribution in [3.05, 3.63) is 23.7 Å². The number of piperidine rings is 1. The summed E-state index contributed by atoms with van der Waals surface area (Å²) in [6.45, 7) is 5.85. The fourth-order valence-corrected chi connectivity index (χ4v) is 3.80. The van der Waals surface area contributed by atoms with Gasteiger partial charge in [-0.05, 0) is 50.2 Å². The molecule has 1 N–H and O–H groups in total. The number of hydrogen-bond donors (Lipinski definition) is 1. The average Bonchev–Trinajstić information content (AvgIpc) is 2.94. The van der Waals surface area contributed by atoms with Crippen LogP contribution in [0.4, 0.5) is 5.82 Å². The number of nitrogens with zero attached hydrogens (tertiary/aromatic N) is 2. The van der Waals surface area contributed by atoms with E-state index in [1.807, 2.05) is 6.20 Å². The molecule has 0 radical (unpaired) electrons. The molecule has 0 amide bonds. The van der Waals surface area contributed by atoms with Gasteiger partial charge in [-0.1, -0.05) is 6.42 Å². The molecule has 1 fully saturated rings. The van der Waals surface area contributed by atoms with Crippen molar-refractivity contribution in [3.8, 4) is 0 Å². The monoisotopic (exact) mass is 289 g/mol. The van der Waals surface area contributed by atoms with Crippen molar-refractivity contribution in [1.82, 2.24) is 9.88 Å². The minimum Gasteiger partial charge on any atom is -0.369 e. The Morgan fingerprint density at radius 3 is 3.25 bits per heavy atom. The first-order valence-corrected chi connectivity index (χ1v) is 8.53. The molecule has 1 atom stereocenters. The largest absolute Gasteiger partial charge is 0.369 e. The molecule has 0 aromatic carbocycles.